The first kappa shape index (κ1) is 12.1. The molecule has 1 heterocycles. The third kappa shape index (κ3) is 2.30. The number of rotatable bonds is 3. The number of nitrogens with zero attached hydrogens (tertiary/aromatic N) is 1. The summed E-state index contributed by atoms with van der Waals surface area (Å²) >= 11 is 4.58. The Kier molecular flexibility index (Phi) is 3.24. The van der Waals surface area contributed by atoms with Gasteiger partial charge >= 0.3 is 5.97 Å². The predicted molar refractivity (Wildman–Crippen MR) is 72.4 cm³/mol. The van der Waals surface area contributed by atoms with E-state index in [1.54, 1.807) is 12.3 Å². The molecule has 0 aliphatic heterocycles. The van der Waals surface area contributed by atoms with Gasteiger partial charge < -0.3 is 15.8 Å². The molecule has 0 radical (unpaired) electrons. The van der Waals surface area contributed by atoms with Gasteiger partial charge in [0.15, 0.2) is 10.8 Å². The number of aromatic amines is 1. The van der Waals surface area contributed by atoms with Crippen LogP contribution in [0.2, 0.25) is 0 Å². The van der Waals surface area contributed by atoms with Gasteiger partial charge in [-0.3, -0.25) is 5.43 Å². The summed E-state index contributed by atoms with van der Waals surface area (Å²) in [5, 5.41) is 13.5. The maximum absolute atomic E-state index is 11.2. The second kappa shape index (κ2) is 4.84. The lowest BCUT2D eigenvalue weighted by atomic mass is 10.1. The summed E-state index contributed by atoms with van der Waals surface area (Å²) in [5.41, 5.74) is 8.65. The fraction of sp³-hybridized carbons (Fsp3) is 0. The second-order valence-electron chi connectivity index (χ2n) is 3.49. The first-order chi connectivity index (χ1) is 8.59. The van der Waals surface area contributed by atoms with Crippen LogP contribution < -0.4 is 11.2 Å². The Morgan fingerprint density at radius 2 is 2.17 bits per heavy atom. The van der Waals surface area contributed by atoms with Crippen LogP contribution in [-0.2, 0) is 4.79 Å². The van der Waals surface area contributed by atoms with Gasteiger partial charge in [-0.25, -0.2) is 4.79 Å². The van der Waals surface area contributed by atoms with E-state index in [0.717, 1.165) is 10.9 Å². The number of para-hydroxylation sites is 1. The van der Waals surface area contributed by atoms with Crippen LogP contribution in [0.25, 0.3) is 10.9 Å². The smallest absolute Gasteiger partial charge is 0.357 e. The normalized spacial score (nSPS) is 11.4. The van der Waals surface area contributed by atoms with Gasteiger partial charge in [0.25, 0.3) is 0 Å². The lowest BCUT2D eigenvalue weighted by Crippen LogP contribution is -2.27. The van der Waals surface area contributed by atoms with Crippen LogP contribution in [0.4, 0.5) is 0 Å². The van der Waals surface area contributed by atoms with Crippen LogP contribution in [-0.4, -0.2) is 26.9 Å². The Hall–Kier alpha value is -2.41. The third-order valence-electron chi connectivity index (χ3n) is 2.32. The van der Waals surface area contributed by atoms with Gasteiger partial charge in [-0.2, -0.15) is 5.10 Å². The van der Waals surface area contributed by atoms with Crippen LogP contribution in [0.5, 0.6) is 0 Å². The number of nitrogens with two attached hydrogens (primary N) is 1. The Morgan fingerprint density at radius 1 is 1.44 bits per heavy atom. The average molecular weight is 262 g/mol. The van der Waals surface area contributed by atoms with Crippen molar-refractivity contribution in [3.63, 3.8) is 0 Å². The molecule has 2 aromatic rings. The Bertz CT molecular complexity index is 647. The van der Waals surface area contributed by atoms with Gasteiger partial charge in [-0.05, 0) is 18.3 Å². The molecule has 0 spiro atoms. The average Bonchev–Trinajstić information content (AvgIpc) is 2.73. The van der Waals surface area contributed by atoms with E-state index < -0.39 is 5.97 Å². The summed E-state index contributed by atoms with van der Waals surface area (Å²) in [4.78, 5) is 14.2. The van der Waals surface area contributed by atoms with E-state index in [2.05, 4.69) is 27.7 Å². The van der Waals surface area contributed by atoms with E-state index in [0.29, 0.717) is 5.56 Å². The van der Waals surface area contributed by atoms with Crippen molar-refractivity contribution in [1.82, 2.24) is 10.4 Å². The van der Waals surface area contributed by atoms with E-state index in [-0.39, 0.29) is 10.8 Å². The van der Waals surface area contributed by atoms with Crippen LogP contribution in [0.15, 0.2) is 35.6 Å². The van der Waals surface area contributed by atoms with Gasteiger partial charge in [0, 0.05) is 22.7 Å². The Balaban J connectivity index is 2.52. The molecule has 0 atom stereocenters. The number of hydrazone groups is 1. The molecular weight excluding hydrogens is 252 g/mol. The summed E-state index contributed by atoms with van der Waals surface area (Å²) in [7, 11) is 0. The van der Waals surface area contributed by atoms with Crippen molar-refractivity contribution in [2.45, 2.75) is 0 Å². The number of aliphatic carboxylic acids is 1. The van der Waals surface area contributed by atoms with Crippen molar-refractivity contribution in [2.24, 2.45) is 10.8 Å². The number of fused-ring (bicyclic) bond motifs is 1. The number of carbonyl (C=O) groups is 1. The molecule has 5 N–H and O–H groups in total. The molecule has 0 unspecified atom stereocenters. The highest BCUT2D eigenvalue weighted by atomic mass is 32.1. The van der Waals surface area contributed by atoms with Crippen molar-refractivity contribution in [3.8, 4) is 0 Å². The molecule has 6 nitrogen and oxygen atoms in total. The molecule has 1 aromatic carbocycles. The van der Waals surface area contributed by atoms with Crippen LogP contribution in [0.3, 0.4) is 0 Å². The second-order valence-corrected chi connectivity index (χ2v) is 3.93. The summed E-state index contributed by atoms with van der Waals surface area (Å²) in [6.07, 6.45) is 1.58. The van der Waals surface area contributed by atoms with Gasteiger partial charge in [0.05, 0.1) is 0 Å². The summed E-state index contributed by atoms with van der Waals surface area (Å²) < 4.78 is 0. The number of hydrogen-bond acceptors (Lipinski definition) is 3. The zero-order valence-electron chi connectivity index (χ0n) is 9.18. The molecule has 7 heteroatoms. The molecule has 18 heavy (non-hydrogen) atoms. The minimum absolute atomic E-state index is 0.0893. The monoisotopic (exact) mass is 262 g/mol. The fourth-order valence-corrected chi connectivity index (χ4v) is 1.65. The summed E-state index contributed by atoms with van der Waals surface area (Å²) in [6.45, 7) is 0. The highest BCUT2D eigenvalue weighted by Gasteiger charge is 2.17. The van der Waals surface area contributed by atoms with E-state index in [9.17, 15) is 4.79 Å². The molecule has 0 aliphatic carbocycles. The molecule has 0 amide bonds. The number of nitrogens with one attached hydrogen (secondary N) is 2. The fourth-order valence-electron chi connectivity index (χ4n) is 1.60. The first-order valence-electron chi connectivity index (χ1n) is 5.02. The predicted octanol–water partition coefficient (Wildman–Crippen LogP) is 0.790. The molecule has 92 valence electrons. The molecule has 0 bridgehead atoms. The highest BCUT2D eigenvalue weighted by Crippen LogP contribution is 2.18. The number of aromatic nitrogens is 1. The van der Waals surface area contributed by atoms with E-state index in [1.165, 1.54) is 0 Å². The standard InChI is InChI=1S/C11H10N4O2S/c12-11(18)15-14-9(10(16)17)7-5-13-8-4-2-1-3-6(7)8/h1-5,13H,(H,16,17)(H3,12,15,18)/b14-9+. The molecule has 0 saturated carbocycles. The molecule has 0 aliphatic rings. The van der Waals surface area contributed by atoms with E-state index in [4.69, 9.17) is 10.8 Å². The minimum atomic E-state index is -1.16. The lowest BCUT2D eigenvalue weighted by Gasteiger charge is -2.01. The largest absolute Gasteiger partial charge is 0.476 e. The van der Waals surface area contributed by atoms with Crippen molar-refractivity contribution >= 4 is 39.9 Å². The van der Waals surface area contributed by atoms with Gasteiger partial charge in [0.1, 0.15) is 0 Å². The minimum Gasteiger partial charge on any atom is -0.476 e. The molecular formula is C11H10N4O2S. The van der Waals surface area contributed by atoms with Crippen molar-refractivity contribution in [3.05, 3.63) is 36.0 Å². The van der Waals surface area contributed by atoms with E-state index >= 15 is 0 Å². The summed E-state index contributed by atoms with van der Waals surface area (Å²) in [6, 6.07) is 7.33. The third-order valence-corrected chi connectivity index (χ3v) is 2.42. The van der Waals surface area contributed by atoms with Crippen LogP contribution in [0.1, 0.15) is 5.56 Å². The zero-order valence-corrected chi connectivity index (χ0v) is 9.99. The maximum atomic E-state index is 11.2. The number of benzene rings is 1. The number of thiocarbonyl (C=S) groups is 1. The maximum Gasteiger partial charge on any atom is 0.357 e. The zero-order chi connectivity index (χ0) is 13.1. The Labute approximate surface area is 107 Å². The first-order valence-corrected chi connectivity index (χ1v) is 5.43. The number of hydrogen-bond donors (Lipinski definition) is 4. The molecule has 0 fully saturated rings. The quantitative estimate of drug-likeness (QED) is 0.372. The van der Waals surface area contributed by atoms with Gasteiger partial charge in [0.2, 0.25) is 0 Å². The molecule has 1 aromatic heterocycles. The SMILES string of the molecule is NC(=S)N/N=C(/C(=O)O)c1c[nH]c2ccccc12. The van der Waals surface area contributed by atoms with Crippen LogP contribution >= 0.6 is 12.2 Å². The highest BCUT2D eigenvalue weighted by molar-refractivity contribution is 7.80. The van der Waals surface area contributed by atoms with Crippen LogP contribution in [0, 0.1) is 0 Å². The topological polar surface area (TPSA) is 104 Å². The van der Waals surface area contributed by atoms with E-state index in [1.807, 2.05) is 18.2 Å². The lowest BCUT2D eigenvalue weighted by molar-refractivity contribution is -0.129. The van der Waals surface area contributed by atoms with Crippen molar-refractivity contribution in [2.75, 3.05) is 0 Å². The summed E-state index contributed by atoms with van der Waals surface area (Å²) in [5.74, 6) is -1.16. The Morgan fingerprint density at radius 3 is 2.83 bits per heavy atom. The number of carboxylic acid groups (broad SMARTS) is 1. The van der Waals surface area contributed by atoms with Crippen molar-refractivity contribution < 1.29 is 9.90 Å². The van der Waals surface area contributed by atoms with Gasteiger partial charge in [-0.1, -0.05) is 18.2 Å². The number of H-pyrrole nitrogens is 1. The van der Waals surface area contributed by atoms with Crippen molar-refractivity contribution in [1.29, 1.82) is 0 Å². The molecule has 0 saturated heterocycles. The number of carboxylic acids is 1. The molecule has 2 rings (SSSR count). The van der Waals surface area contributed by atoms with Gasteiger partial charge in [-0.15, -0.1) is 0 Å².